The van der Waals surface area contributed by atoms with Crippen molar-refractivity contribution in [2.24, 2.45) is 0 Å². The summed E-state index contributed by atoms with van der Waals surface area (Å²) in [5.74, 6) is -1.18. The van der Waals surface area contributed by atoms with Gasteiger partial charge in [-0.05, 0) is 29.0 Å². The fraction of sp³-hybridized carbons (Fsp3) is 0.364. The zero-order valence-electron chi connectivity index (χ0n) is 13.5. The minimum atomic E-state index is -5.83. The van der Waals surface area contributed by atoms with Crippen LogP contribution in [0.3, 0.4) is 0 Å². The van der Waals surface area contributed by atoms with E-state index in [1.165, 1.54) is 0 Å². The summed E-state index contributed by atoms with van der Waals surface area (Å²) in [7, 11) is -5.83. The number of aromatic nitrogens is 4. The maximum absolute atomic E-state index is 14.0. The zero-order valence-corrected chi connectivity index (χ0v) is 18.2. The Kier molecular flexibility index (Phi) is 8.40. The summed E-state index contributed by atoms with van der Waals surface area (Å²) >= 11 is 5.55. The summed E-state index contributed by atoms with van der Waals surface area (Å²) in [6.07, 6.45) is -0.0711. The zero-order chi connectivity index (χ0) is 19.7. The fourth-order valence-electron chi connectivity index (χ4n) is 1.76. The Labute approximate surface area is 196 Å². The van der Waals surface area contributed by atoms with Gasteiger partial charge in [0.1, 0.15) is 5.69 Å². The van der Waals surface area contributed by atoms with Gasteiger partial charge in [-0.2, -0.15) is 31.0 Å². The first kappa shape index (κ1) is 24.5. The summed E-state index contributed by atoms with van der Waals surface area (Å²) in [4.78, 5) is 12.0. The smallest absolute Gasteiger partial charge is 0.274 e. The molecule has 0 atom stereocenters. The van der Waals surface area contributed by atoms with Crippen molar-refractivity contribution in [1.82, 2.24) is 19.8 Å². The van der Waals surface area contributed by atoms with Crippen LogP contribution in [0.2, 0.25) is 5.02 Å². The number of nitrogens with one attached hydrogen (secondary N) is 1. The first-order chi connectivity index (χ1) is 12.0. The molecule has 1 aromatic carbocycles. The third kappa shape index (κ3) is 5.48. The van der Waals surface area contributed by atoms with E-state index in [1.54, 1.807) is 0 Å². The molecule has 0 spiro atoms. The Hall–Kier alpha value is -0.584. The van der Waals surface area contributed by atoms with Crippen molar-refractivity contribution in [2.45, 2.75) is 18.5 Å². The van der Waals surface area contributed by atoms with Gasteiger partial charge in [-0.3, -0.25) is 9.11 Å². The second-order valence-corrected chi connectivity index (χ2v) is 6.85. The van der Waals surface area contributed by atoms with E-state index in [1.807, 2.05) is 0 Å². The molecule has 1 N–H and O–H groups in total. The minimum Gasteiger partial charge on any atom is -0.274 e. The predicted molar refractivity (Wildman–Crippen MR) is 85.5 cm³/mol. The predicted octanol–water partition coefficient (Wildman–Crippen LogP) is 1.46. The minimum absolute atomic E-state index is 0. The molecular formula is C11H9ClF5KN5O3S. The first-order valence-electron chi connectivity index (χ1n) is 6.65. The topological polar surface area (TPSA) is 98.9 Å². The molecule has 2 rings (SSSR count). The van der Waals surface area contributed by atoms with Crippen LogP contribution in [0.4, 0.5) is 27.6 Å². The summed E-state index contributed by atoms with van der Waals surface area (Å²) in [5, 5.41) is 6.01. The number of alkyl halides is 4. The van der Waals surface area contributed by atoms with E-state index in [9.17, 15) is 35.2 Å². The largest absolute Gasteiger partial charge is 0.516 e. The van der Waals surface area contributed by atoms with E-state index in [-0.39, 0.29) is 64.4 Å². The molecule has 1 aromatic heterocycles. The number of nitrogens with zero attached hydrogens (tertiary/aromatic N) is 4. The van der Waals surface area contributed by atoms with Crippen LogP contribution in [0.25, 0.3) is 5.69 Å². The van der Waals surface area contributed by atoms with Gasteiger partial charge in [0, 0.05) is 51.4 Å². The Bertz CT molecular complexity index is 978. The van der Waals surface area contributed by atoms with Crippen molar-refractivity contribution in [3.63, 3.8) is 0 Å². The average molecular weight is 461 g/mol. The summed E-state index contributed by atoms with van der Waals surface area (Å²) in [5.41, 5.74) is -8.18. The number of anilines is 1. The molecule has 0 bridgehead atoms. The average Bonchev–Trinajstić information content (AvgIpc) is 2.87. The molecular weight excluding hydrogens is 452 g/mol. The molecule has 0 saturated heterocycles. The van der Waals surface area contributed by atoms with E-state index < -0.39 is 50.1 Å². The summed E-state index contributed by atoms with van der Waals surface area (Å²) in [6, 6.07) is 1.05. The Morgan fingerprint density at radius 1 is 1.22 bits per heavy atom. The van der Waals surface area contributed by atoms with Crippen molar-refractivity contribution in [1.29, 1.82) is 0 Å². The number of halogens is 6. The second kappa shape index (κ2) is 9.28. The summed E-state index contributed by atoms with van der Waals surface area (Å²) in [6.45, 7) is -0.921. The van der Waals surface area contributed by atoms with Crippen LogP contribution in [-0.4, -0.2) is 91.8 Å². The molecule has 27 heavy (non-hydrogen) atoms. The standard InChI is InChI=1S/C11H9ClF5N5O3S.K/c12-6-4-7(14)9(5-8(6)18-26(24,25)11(15,16)17)22-10(23)21(19-20-22)3-1-2-13;/h4-5,18H,1-3H2;. The maximum atomic E-state index is 14.0. The number of rotatable bonds is 6. The molecule has 0 aliphatic carbocycles. The van der Waals surface area contributed by atoms with Gasteiger partial charge in [-0.25, -0.2) is 9.18 Å². The number of aryl methyl sites for hydroxylation is 1. The van der Waals surface area contributed by atoms with E-state index in [4.69, 9.17) is 11.6 Å². The number of tetrazole rings is 1. The van der Waals surface area contributed by atoms with E-state index in [0.717, 1.165) is 4.72 Å². The molecule has 8 nitrogen and oxygen atoms in total. The Morgan fingerprint density at radius 3 is 2.41 bits per heavy atom. The fourth-order valence-corrected chi connectivity index (χ4v) is 2.58. The molecule has 1 heterocycles. The molecule has 0 aliphatic heterocycles. The van der Waals surface area contributed by atoms with Gasteiger partial charge in [-0.15, -0.1) is 0 Å². The number of sulfonamides is 1. The van der Waals surface area contributed by atoms with Crippen molar-refractivity contribution >= 4 is 78.7 Å². The Balaban J connectivity index is 0.00000364. The molecule has 1 radical (unpaired) electrons. The van der Waals surface area contributed by atoms with Crippen LogP contribution in [0.5, 0.6) is 0 Å². The third-order valence-corrected chi connectivity index (χ3v) is 4.37. The van der Waals surface area contributed by atoms with Crippen molar-refractivity contribution in [2.75, 3.05) is 11.4 Å². The van der Waals surface area contributed by atoms with E-state index in [0.29, 0.717) is 21.5 Å². The van der Waals surface area contributed by atoms with E-state index in [2.05, 4.69) is 10.4 Å². The summed E-state index contributed by atoms with van der Waals surface area (Å²) < 4.78 is 88.1. The van der Waals surface area contributed by atoms with E-state index >= 15 is 0 Å². The number of hydrogen-bond donors (Lipinski definition) is 1. The maximum Gasteiger partial charge on any atom is 0.516 e. The molecule has 145 valence electrons. The van der Waals surface area contributed by atoms with Gasteiger partial charge in [-0.1, -0.05) is 11.6 Å². The Morgan fingerprint density at radius 2 is 1.85 bits per heavy atom. The molecule has 0 aliphatic rings. The van der Waals surface area contributed by atoms with Gasteiger partial charge in [0.2, 0.25) is 0 Å². The molecule has 16 heteroatoms. The van der Waals surface area contributed by atoms with Crippen LogP contribution in [0.15, 0.2) is 16.9 Å². The normalized spacial score (nSPS) is 11.9. The van der Waals surface area contributed by atoms with Gasteiger partial charge < -0.3 is 0 Å². The van der Waals surface area contributed by atoms with Crippen molar-refractivity contribution < 1.29 is 30.4 Å². The molecule has 0 unspecified atom stereocenters. The number of hydrogen-bond acceptors (Lipinski definition) is 5. The van der Waals surface area contributed by atoms with Crippen LogP contribution in [-0.2, 0) is 16.6 Å². The van der Waals surface area contributed by atoms with Gasteiger partial charge in [0.15, 0.2) is 5.82 Å². The molecule has 0 saturated carbocycles. The van der Waals surface area contributed by atoms with Crippen LogP contribution in [0.1, 0.15) is 6.42 Å². The van der Waals surface area contributed by atoms with Crippen molar-refractivity contribution in [3.8, 4) is 5.69 Å². The second-order valence-electron chi connectivity index (χ2n) is 4.77. The molecule has 0 amide bonds. The van der Waals surface area contributed by atoms with Gasteiger partial charge >= 0.3 is 21.2 Å². The molecule has 0 fully saturated rings. The SMILES string of the molecule is O=c1n(CCCF)nnn1-c1cc(NS(=O)(=O)C(F)(F)F)c(Cl)cc1F.[K]. The van der Waals surface area contributed by atoms with Crippen LogP contribution in [0, 0.1) is 5.82 Å². The monoisotopic (exact) mass is 460 g/mol. The number of benzene rings is 1. The van der Waals surface area contributed by atoms with Gasteiger partial charge in [0.05, 0.1) is 23.9 Å². The quantitative estimate of drug-likeness (QED) is 0.520. The van der Waals surface area contributed by atoms with Crippen LogP contribution < -0.4 is 10.4 Å². The first-order valence-corrected chi connectivity index (χ1v) is 8.51. The third-order valence-electron chi connectivity index (χ3n) is 2.96. The van der Waals surface area contributed by atoms with Crippen molar-refractivity contribution in [3.05, 3.63) is 33.5 Å². The molecule has 2 aromatic rings. The van der Waals surface area contributed by atoms with Gasteiger partial charge in [0.25, 0.3) is 0 Å². The van der Waals surface area contributed by atoms with Crippen LogP contribution >= 0.6 is 11.6 Å².